The van der Waals surface area contributed by atoms with Gasteiger partial charge in [-0.05, 0) is 82.7 Å². The van der Waals surface area contributed by atoms with Crippen molar-refractivity contribution >= 4 is 51.3 Å². The van der Waals surface area contributed by atoms with E-state index >= 15 is 0 Å². The van der Waals surface area contributed by atoms with Gasteiger partial charge in [0.05, 0.1) is 0 Å². The summed E-state index contributed by atoms with van der Waals surface area (Å²) in [7, 11) is 0. The zero-order valence-corrected chi connectivity index (χ0v) is 14.5. The minimum absolute atomic E-state index is 0.543. The molecule has 0 saturated carbocycles. The highest BCUT2D eigenvalue weighted by Gasteiger charge is 2.01. The molecule has 0 atom stereocenters. The quantitative estimate of drug-likeness (QED) is 0.549. The molecule has 0 radical (unpaired) electrons. The van der Waals surface area contributed by atoms with Crippen molar-refractivity contribution in [2.45, 2.75) is 19.8 Å². The van der Waals surface area contributed by atoms with Crippen molar-refractivity contribution in [2.75, 3.05) is 10.6 Å². The van der Waals surface area contributed by atoms with Gasteiger partial charge < -0.3 is 10.6 Å². The van der Waals surface area contributed by atoms with Gasteiger partial charge in [0.2, 0.25) is 0 Å². The van der Waals surface area contributed by atoms with Gasteiger partial charge in [0.1, 0.15) is 0 Å². The second-order valence-corrected chi connectivity index (χ2v) is 6.52. The Balaban J connectivity index is 1.95. The summed E-state index contributed by atoms with van der Waals surface area (Å²) in [5, 5.41) is 6.96. The monoisotopic (exact) mass is 396 g/mol. The number of benzene rings is 2. The fourth-order valence-electron chi connectivity index (χ4n) is 1.78. The molecule has 20 heavy (non-hydrogen) atoms. The molecule has 4 heteroatoms. The van der Waals surface area contributed by atoms with Crippen LogP contribution in [0.1, 0.15) is 25.3 Å². The molecule has 0 saturated heterocycles. The summed E-state index contributed by atoms with van der Waals surface area (Å²) in [6.07, 6.45) is 0. The summed E-state index contributed by atoms with van der Waals surface area (Å²) >= 11 is 7.59. The Morgan fingerprint density at radius 2 is 1.35 bits per heavy atom. The molecule has 0 aliphatic heterocycles. The lowest BCUT2D eigenvalue weighted by Crippen LogP contribution is -2.18. The smallest absolute Gasteiger partial charge is 0.175 e. The fourth-order valence-corrected chi connectivity index (χ4v) is 2.37. The van der Waals surface area contributed by atoms with E-state index in [9.17, 15) is 0 Å². The molecular formula is C16H17IN2S. The first-order valence-electron chi connectivity index (χ1n) is 6.48. The lowest BCUT2D eigenvalue weighted by Gasteiger charge is -2.12. The summed E-state index contributed by atoms with van der Waals surface area (Å²) < 4.78 is 1.20. The van der Waals surface area contributed by atoms with Gasteiger partial charge in [-0.25, -0.2) is 0 Å². The normalized spacial score (nSPS) is 10.4. The van der Waals surface area contributed by atoms with E-state index in [1.165, 1.54) is 9.13 Å². The van der Waals surface area contributed by atoms with Crippen LogP contribution in [-0.4, -0.2) is 5.11 Å². The van der Waals surface area contributed by atoms with Gasteiger partial charge >= 0.3 is 0 Å². The zero-order chi connectivity index (χ0) is 14.5. The third-order valence-electron chi connectivity index (χ3n) is 2.94. The molecule has 0 aliphatic rings. The first kappa shape index (κ1) is 15.3. The van der Waals surface area contributed by atoms with Crippen LogP contribution >= 0.6 is 34.8 Å². The lowest BCUT2D eigenvalue weighted by atomic mass is 10.0. The van der Waals surface area contributed by atoms with E-state index in [-0.39, 0.29) is 0 Å². The first-order valence-corrected chi connectivity index (χ1v) is 7.97. The van der Waals surface area contributed by atoms with Gasteiger partial charge in [-0.15, -0.1) is 0 Å². The lowest BCUT2D eigenvalue weighted by molar-refractivity contribution is 0.867. The standard InChI is InChI=1S/C16H17IN2S/c1-11(2)12-3-7-14(8-4-12)18-16(20)19-15-9-5-13(17)6-10-15/h3-11H,1-2H3,(H2,18,19,20). The van der Waals surface area contributed by atoms with E-state index < -0.39 is 0 Å². The van der Waals surface area contributed by atoms with Crippen molar-refractivity contribution in [1.29, 1.82) is 0 Å². The third-order valence-corrected chi connectivity index (χ3v) is 3.86. The molecule has 104 valence electrons. The maximum atomic E-state index is 5.31. The van der Waals surface area contributed by atoms with Crippen molar-refractivity contribution in [3.8, 4) is 0 Å². The minimum Gasteiger partial charge on any atom is -0.332 e. The Bertz CT molecular complexity index is 576. The zero-order valence-electron chi connectivity index (χ0n) is 11.5. The topological polar surface area (TPSA) is 24.1 Å². The van der Waals surface area contributed by atoms with Gasteiger partial charge in [0.15, 0.2) is 5.11 Å². The number of nitrogens with one attached hydrogen (secondary N) is 2. The Morgan fingerprint density at radius 3 is 1.80 bits per heavy atom. The van der Waals surface area contributed by atoms with Crippen LogP contribution in [0.5, 0.6) is 0 Å². The largest absolute Gasteiger partial charge is 0.332 e. The van der Waals surface area contributed by atoms with Gasteiger partial charge in [0.25, 0.3) is 0 Å². The fraction of sp³-hybridized carbons (Fsp3) is 0.188. The summed E-state index contributed by atoms with van der Waals surface area (Å²) in [4.78, 5) is 0. The van der Waals surface area contributed by atoms with E-state index in [2.05, 4.69) is 71.3 Å². The molecule has 0 bridgehead atoms. The molecule has 0 aromatic heterocycles. The Hall–Kier alpha value is -1.14. The first-order chi connectivity index (χ1) is 9.54. The number of rotatable bonds is 3. The van der Waals surface area contributed by atoms with Crippen LogP contribution in [-0.2, 0) is 0 Å². The summed E-state index contributed by atoms with van der Waals surface area (Å²) in [6.45, 7) is 4.37. The van der Waals surface area contributed by atoms with Gasteiger partial charge in [-0.3, -0.25) is 0 Å². The molecule has 2 aromatic carbocycles. The van der Waals surface area contributed by atoms with Crippen molar-refractivity contribution in [1.82, 2.24) is 0 Å². The maximum absolute atomic E-state index is 5.31. The summed E-state index contributed by atoms with van der Waals surface area (Å²) in [5.41, 5.74) is 3.31. The molecule has 2 nitrogen and oxygen atoms in total. The van der Waals surface area contributed by atoms with Crippen LogP contribution in [0.3, 0.4) is 0 Å². The van der Waals surface area contributed by atoms with E-state index in [1.807, 2.05) is 24.3 Å². The molecule has 0 aliphatic carbocycles. The molecule has 0 spiro atoms. The highest BCUT2D eigenvalue weighted by molar-refractivity contribution is 14.1. The van der Waals surface area contributed by atoms with Crippen LogP contribution in [0.25, 0.3) is 0 Å². The second kappa shape index (κ2) is 7.04. The van der Waals surface area contributed by atoms with Crippen molar-refractivity contribution in [3.63, 3.8) is 0 Å². The predicted octanol–water partition coefficient (Wildman–Crippen LogP) is 5.22. The van der Waals surface area contributed by atoms with Crippen molar-refractivity contribution < 1.29 is 0 Å². The van der Waals surface area contributed by atoms with E-state index in [0.29, 0.717) is 11.0 Å². The van der Waals surface area contributed by atoms with Crippen LogP contribution in [0, 0.1) is 3.57 Å². The predicted molar refractivity (Wildman–Crippen MR) is 99.5 cm³/mol. The van der Waals surface area contributed by atoms with Crippen molar-refractivity contribution in [2.24, 2.45) is 0 Å². The number of anilines is 2. The van der Waals surface area contributed by atoms with Gasteiger partial charge in [-0.2, -0.15) is 0 Å². The molecule has 2 aromatic rings. The third kappa shape index (κ3) is 4.45. The Kier molecular flexibility index (Phi) is 5.37. The van der Waals surface area contributed by atoms with E-state index in [1.54, 1.807) is 0 Å². The molecule has 0 amide bonds. The van der Waals surface area contributed by atoms with Gasteiger partial charge in [-0.1, -0.05) is 26.0 Å². The average molecular weight is 396 g/mol. The summed E-state index contributed by atoms with van der Waals surface area (Å²) in [5.74, 6) is 0.543. The molecule has 2 N–H and O–H groups in total. The maximum Gasteiger partial charge on any atom is 0.175 e. The van der Waals surface area contributed by atoms with Crippen molar-refractivity contribution in [3.05, 3.63) is 57.7 Å². The highest BCUT2D eigenvalue weighted by Crippen LogP contribution is 2.17. The van der Waals surface area contributed by atoms with Crippen LogP contribution in [0.15, 0.2) is 48.5 Å². The SMILES string of the molecule is CC(C)c1ccc(NC(=S)Nc2ccc(I)cc2)cc1. The molecular weight excluding hydrogens is 379 g/mol. The van der Waals surface area contributed by atoms with Crippen LogP contribution < -0.4 is 10.6 Å². The van der Waals surface area contributed by atoms with Crippen LogP contribution in [0.4, 0.5) is 11.4 Å². The number of thiocarbonyl (C=S) groups is 1. The number of hydrogen-bond donors (Lipinski definition) is 2. The average Bonchev–Trinajstić information content (AvgIpc) is 2.42. The van der Waals surface area contributed by atoms with E-state index in [4.69, 9.17) is 12.2 Å². The molecule has 2 rings (SSSR count). The molecule has 0 fully saturated rings. The highest BCUT2D eigenvalue weighted by atomic mass is 127. The minimum atomic E-state index is 0.543. The van der Waals surface area contributed by atoms with Gasteiger partial charge in [0, 0.05) is 14.9 Å². The number of hydrogen-bond acceptors (Lipinski definition) is 1. The molecule has 0 unspecified atom stereocenters. The van der Waals surface area contributed by atoms with Crippen LogP contribution in [0.2, 0.25) is 0 Å². The Morgan fingerprint density at radius 1 is 0.900 bits per heavy atom. The second-order valence-electron chi connectivity index (χ2n) is 4.86. The van der Waals surface area contributed by atoms with E-state index in [0.717, 1.165) is 11.4 Å². The molecule has 0 heterocycles. The summed E-state index contributed by atoms with van der Waals surface area (Å²) in [6, 6.07) is 16.5. The Labute approximate surface area is 139 Å². The number of halogens is 1.